The van der Waals surface area contributed by atoms with Crippen molar-refractivity contribution in [2.75, 3.05) is 40.0 Å². The van der Waals surface area contributed by atoms with Gasteiger partial charge in [0.1, 0.15) is 5.75 Å². The Morgan fingerprint density at radius 3 is 2.86 bits per heavy atom. The van der Waals surface area contributed by atoms with E-state index in [1.807, 2.05) is 21.9 Å². The quantitative estimate of drug-likeness (QED) is 0.778. The Balaban J connectivity index is 1.97. The third kappa shape index (κ3) is 4.49. The minimum absolute atomic E-state index is 0.0477. The SMILES string of the molecule is COCCN1C[C@H]2COc3ccc(C)cc3[C@H]2N(C(=O)CC(C)C)CCC1=O. The van der Waals surface area contributed by atoms with Gasteiger partial charge in [-0.2, -0.15) is 0 Å². The molecule has 0 aromatic heterocycles. The van der Waals surface area contributed by atoms with E-state index in [0.717, 1.165) is 16.9 Å². The van der Waals surface area contributed by atoms with E-state index in [-0.39, 0.29) is 29.7 Å². The highest BCUT2D eigenvalue weighted by Gasteiger charge is 2.40. The number of ether oxygens (including phenoxy) is 2. The van der Waals surface area contributed by atoms with Crippen LogP contribution in [0.1, 0.15) is 43.9 Å². The molecule has 1 saturated heterocycles. The number of carbonyl (C=O) groups excluding carboxylic acids is 2. The van der Waals surface area contributed by atoms with Crippen LogP contribution in [0, 0.1) is 18.8 Å². The molecule has 154 valence electrons. The van der Waals surface area contributed by atoms with Gasteiger partial charge in [0.15, 0.2) is 0 Å². The molecule has 2 aliphatic heterocycles. The Morgan fingerprint density at radius 2 is 2.14 bits per heavy atom. The first-order valence-corrected chi connectivity index (χ1v) is 10.2. The highest BCUT2D eigenvalue weighted by molar-refractivity contribution is 5.80. The third-order valence-corrected chi connectivity index (χ3v) is 5.56. The molecule has 6 heteroatoms. The van der Waals surface area contributed by atoms with Gasteiger partial charge in [-0.05, 0) is 18.9 Å². The topological polar surface area (TPSA) is 59.1 Å². The standard InChI is InChI=1S/C22H32N2O4/c1-15(2)11-21(26)24-8-7-20(25)23(9-10-27-4)13-17-14-28-19-6-5-16(3)12-18(19)22(17)24/h5-6,12,15,17,22H,7-11,13-14H2,1-4H3/t17-,22-/m0/s1. The number of benzene rings is 1. The Bertz CT molecular complexity index is 718. The molecule has 0 bridgehead atoms. The highest BCUT2D eigenvalue weighted by atomic mass is 16.5. The van der Waals surface area contributed by atoms with E-state index < -0.39 is 0 Å². The molecule has 0 spiro atoms. The summed E-state index contributed by atoms with van der Waals surface area (Å²) in [6.07, 6.45) is 0.839. The van der Waals surface area contributed by atoms with Gasteiger partial charge in [-0.3, -0.25) is 9.59 Å². The first-order valence-electron chi connectivity index (χ1n) is 10.2. The van der Waals surface area contributed by atoms with Gasteiger partial charge in [0.2, 0.25) is 11.8 Å². The fraction of sp³-hybridized carbons (Fsp3) is 0.636. The van der Waals surface area contributed by atoms with Crippen LogP contribution in [0.5, 0.6) is 5.75 Å². The van der Waals surface area contributed by atoms with E-state index in [4.69, 9.17) is 9.47 Å². The molecular formula is C22H32N2O4. The predicted octanol–water partition coefficient (Wildman–Crippen LogP) is 2.80. The normalized spacial score (nSPS) is 22.2. The maximum atomic E-state index is 13.1. The maximum absolute atomic E-state index is 13.1. The van der Waals surface area contributed by atoms with Crippen LogP contribution in [0.2, 0.25) is 0 Å². The lowest BCUT2D eigenvalue weighted by atomic mass is 9.86. The van der Waals surface area contributed by atoms with Crippen molar-refractivity contribution in [3.8, 4) is 5.75 Å². The fourth-order valence-corrected chi connectivity index (χ4v) is 4.21. The van der Waals surface area contributed by atoms with Crippen LogP contribution in [0.3, 0.4) is 0 Å². The minimum atomic E-state index is -0.0620. The Hall–Kier alpha value is -2.08. The van der Waals surface area contributed by atoms with Gasteiger partial charge in [0, 0.05) is 51.1 Å². The number of nitrogens with zero attached hydrogens (tertiary/aromatic N) is 2. The van der Waals surface area contributed by atoms with Crippen molar-refractivity contribution in [3.63, 3.8) is 0 Å². The molecule has 28 heavy (non-hydrogen) atoms. The largest absolute Gasteiger partial charge is 0.493 e. The van der Waals surface area contributed by atoms with Crippen molar-refractivity contribution in [2.24, 2.45) is 11.8 Å². The zero-order valence-electron chi connectivity index (χ0n) is 17.4. The highest BCUT2D eigenvalue weighted by Crippen LogP contribution is 2.41. The molecule has 3 rings (SSSR count). The van der Waals surface area contributed by atoms with Crippen molar-refractivity contribution in [2.45, 2.75) is 39.7 Å². The summed E-state index contributed by atoms with van der Waals surface area (Å²) in [6.45, 7) is 8.77. The molecule has 2 heterocycles. The van der Waals surface area contributed by atoms with Gasteiger partial charge in [0.05, 0.1) is 19.3 Å². The second kappa shape index (κ2) is 8.95. The van der Waals surface area contributed by atoms with Crippen LogP contribution in [-0.2, 0) is 14.3 Å². The van der Waals surface area contributed by atoms with E-state index in [1.54, 1.807) is 7.11 Å². The van der Waals surface area contributed by atoms with Crippen molar-refractivity contribution in [1.82, 2.24) is 9.80 Å². The number of methoxy groups -OCH3 is 1. The first kappa shape index (κ1) is 20.6. The summed E-state index contributed by atoms with van der Waals surface area (Å²) >= 11 is 0. The molecule has 2 atom stereocenters. The summed E-state index contributed by atoms with van der Waals surface area (Å²) in [5.41, 5.74) is 2.21. The Morgan fingerprint density at radius 1 is 1.36 bits per heavy atom. The molecule has 2 aliphatic rings. The van der Waals surface area contributed by atoms with E-state index in [2.05, 4.69) is 26.8 Å². The van der Waals surface area contributed by atoms with Crippen molar-refractivity contribution in [3.05, 3.63) is 29.3 Å². The van der Waals surface area contributed by atoms with Gasteiger partial charge >= 0.3 is 0 Å². The smallest absolute Gasteiger partial charge is 0.224 e. The van der Waals surface area contributed by atoms with E-state index in [9.17, 15) is 9.59 Å². The number of hydrogen-bond donors (Lipinski definition) is 0. The third-order valence-electron chi connectivity index (χ3n) is 5.56. The molecule has 0 unspecified atom stereocenters. The van der Waals surface area contributed by atoms with Crippen LogP contribution < -0.4 is 4.74 Å². The number of aryl methyl sites for hydroxylation is 1. The summed E-state index contributed by atoms with van der Waals surface area (Å²) in [7, 11) is 1.65. The first-order chi connectivity index (χ1) is 13.4. The van der Waals surface area contributed by atoms with Gasteiger partial charge in [-0.1, -0.05) is 31.5 Å². The lowest BCUT2D eigenvalue weighted by molar-refractivity contribution is -0.143. The summed E-state index contributed by atoms with van der Waals surface area (Å²) < 4.78 is 11.2. The second-order valence-electron chi connectivity index (χ2n) is 8.32. The average Bonchev–Trinajstić information content (AvgIpc) is 2.63. The molecule has 2 amide bonds. The van der Waals surface area contributed by atoms with Crippen LogP contribution in [0.4, 0.5) is 0 Å². The number of rotatable bonds is 5. The van der Waals surface area contributed by atoms with E-state index in [0.29, 0.717) is 45.7 Å². The molecule has 1 aromatic rings. The summed E-state index contributed by atoms with van der Waals surface area (Å²) in [4.78, 5) is 29.7. The van der Waals surface area contributed by atoms with Crippen molar-refractivity contribution < 1.29 is 19.1 Å². The van der Waals surface area contributed by atoms with E-state index in [1.165, 1.54) is 0 Å². The van der Waals surface area contributed by atoms with Crippen LogP contribution >= 0.6 is 0 Å². The fourth-order valence-electron chi connectivity index (χ4n) is 4.21. The zero-order chi connectivity index (χ0) is 20.3. The predicted molar refractivity (Wildman–Crippen MR) is 107 cm³/mol. The maximum Gasteiger partial charge on any atom is 0.224 e. The molecule has 6 nitrogen and oxygen atoms in total. The Labute approximate surface area is 167 Å². The average molecular weight is 389 g/mol. The lowest BCUT2D eigenvalue weighted by Gasteiger charge is -2.45. The van der Waals surface area contributed by atoms with Crippen molar-refractivity contribution in [1.29, 1.82) is 0 Å². The summed E-state index contributed by atoms with van der Waals surface area (Å²) in [5, 5.41) is 0. The van der Waals surface area contributed by atoms with Gasteiger partial charge in [0.25, 0.3) is 0 Å². The van der Waals surface area contributed by atoms with Gasteiger partial charge in [-0.15, -0.1) is 0 Å². The number of hydrogen-bond acceptors (Lipinski definition) is 4. The number of fused-ring (bicyclic) bond motifs is 3. The van der Waals surface area contributed by atoms with E-state index >= 15 is 0 Å². The summed E-state index contributed by atoms with van der Waals surface area (Å²) in [6, 6.07) is 6.10. The zero-order valence-corrected chi connectivity index (χ0v) is 17.4. The Kier molecular flexibility index (Phi) is 6.60. The molecule has 0 radical (unpaired) electrons. The van der Waals surface area contributed by atoms with Gasteiger partial charge in [-0.25, -0.2) is 0 Å². The second-order valence-corrected chi connectivity index (χ2v) is 8.32. The molecule has 0 aliphatic carbocycles. The molecule has 1 fully saturated rings. The van der Waals surface area contributed by atoms with Crippen molar-refractivity contribution >= 4 is 11.8 Å². The molecule has 0 saturated carbocycles. The minimum Gasteiger partial charge on any atom is -0.493 e. The van der Waals surface area contributed by atoms with Crippen LogP contribution in [-0.4, -0.2) is 61.6 Å². The van der Waals surface area contributed by atoms with Gasteiger partial charge < -0.3 is 19.3 Å². The van der Waals surface area contributed by atoms with Crippen LogP contribution in [0.15, 0.2) is 18.2 Å². The molecular weight excluding hydrogens is 356 g/mol. The number of amides is 2. The van der Waals surface area contributed by atoms with Crippen LogP contribution in [0.25, 0.3) is 0 Å². The molecule has 1 aromatic carbocycles. The monoisotopic (exact) mass is 388 g/mol. The lowest BCUT2D eigenvalue weighted by Crippen LogP contribution is -2.51. The summed E-state index contributed by atoms with van der Waals surface area (Å²) in [5.74, 6) is 1.38. The molecule has 0 N–H and O–H groups in total. The number of carbonyl (C=O) groups is 2.